The highest BCUT2D eigenvalue weighted by atomic mass is 16.5. The normalized spacial score (nSPS) is 10.0. The van der Waals surface area contributed by atoms with E-state index >= 15 is 0 Å². The number of hydrogen-bond donors (Lipinski definition) is 2. The predicted molar refractivity (Wildman–Crippen MR) is 70.4 cm³/mol. The average molecular weight is 266 g/mol. The fourth-order valence-corrected chi connectivity index (χ4v) is 1.31. The summed E-state index contributed by atoms with van der Waals surface area (Å²) in [4.78, 5) is 22.1. The summed E-state index contributed by atoms with van der Waals surface area (Å²) in [5.41, 5.74) is 6.76. The largest absolute Gasteiger partial charge is 0.461 e. The number of nitrogens with one attached hydrogen (secondary N) is 1. The minimum atomic E-state index is -0.325. The second kappa shape index (κ2) is 8.23. The van der Waals surface area contributed by atoms with Crippen molar-refractivity contribution in [3.05, 3.63) is 29.8 Å². The third-order valence-electron chi connectivity index (χ3n) is 2.18. The quantitative estimate of drug-likeness (QED) is 0.559. The van der Waals surface area contributed by atoms with Gasteiger partial charge in [0.25, 0.3) is 0 Å². The summed E-state index contributed by atoms with van der Waals surface area (Å²) in [5.74, 6) is -0.560. The first-order chi connectivity index (χ1) is 9.11. The number of anilines is 1. The van der Waals surface area contributed by atoms with E-state index in [9.17, 15) is 9.59 Å². The van der Waals surface area contributed by atoms with E-state index in [1.165, 1.54) is 6.92 Å². The predicted octanol–water partition coefficient (Wildman–Crippen LogP) is 0.663. The Morgan fingerprint density at radius 1 is 1.26 bits per heavy atom. The smallest absolute Gasteiger partial charge is 0.302 e. The van der Waals surface area contributed by atoms with Crippen molar-refractivity contribution in [2.45, 2.75) is 13.5 Å². The Morgan fingerprint density at radius 2 is 1.95 bits per heavy atom. The second-order valence-electron chi connectivity index (χ2n) is 3.87. The molecule has 0 spiro atoms. The maximum Gasteiger partial charge on any atom is 0.302 e. The zero-order valence-corrected chi connectivity index (χ0v) is 10.8. The fraction of sp³-hybridized carbons (Fsp3) is 0.385. The monoisotopic (exact) mass is 266 g/mol. The van der Waals surface area contributed by atoms with E-state index in [4.69, 9.17) is 15.2 Å². The molecule has 0 fully saturated rings. The molecule has 0 aliphatic rings. The third-order valence-corrected chi connectivity index (χ3v) is 2.18. The van der Waals surface area contributed by atoms with Gasteiger partial charge in [-0.15, -0.1) is 0 Å². The van der Waals surface area contributed by atoms with Gasteiger partial charge in [0.05, 0.1) is 6.61 Å². The third kappa shape index (κ3) is 6.54. The first kappa shape index (κ1) is 15.1. The number of amides is 1. The lowest BCUT2D eigenvalue weighted by atomic mass is 10.2. The van der Waals surface area contributed by atoms with Crippen LogP contribution in [0.5, 0.6) is 0 Å². The van der Waals surface area contributed by atoms with Crippen LogP contribution in [-0.2, 0) is 25.7 Å². The van der Waals surface area contributed by atoms with Crippen molar-refractivity contribution in [3.63, 3.8) is 0 Å². The summed E-state index contributed by atoms with van der Waals surface area (Å²) < 4.78 is 9.87. The standard InChI is InChI=1S/C13H18N2O4/c1-10(16)19-8-11-2-4-12(5-3-11)15-13(17)9-18-7-6-14/h2-5H,6-9,14H2,1H3,(H,15,17). The van der Waals surface area contributed by atoms with Gasteiger partial charge in [-0.3, -0.25) is 9.59 Å². The van der Waals surface area contributed by atoms with Crippen LogP contribution in [0.15, 0.2) is 24.3 Å². The Morgan fingerprint density at radius 3 is 2.53 bits per heavy atom. The summed E-state index contributed by atoms with van der Waals surface area (Å²) >= 11 is 0. The maximum absolute atomic E-state index is 11.4. The molecule has 6 heteroatoms. The topological polar surface area (TPSA) is 90.6 Å². The van der Waals surface area contributed by atoms with Crippen LogP contribution >= 0.6 is 0 Å². The lowest BCUT2D eigenvalue weighted by Gasteiger charge is -2.07. The SMILES string of the molecule is CC(=O)OCc1ccc(NC(=O)COCCN)cc1. The average Bonchev–Trinajstić information content (AvgIpc) is 2.38. The van der Waals surface area contributed by atoms with E-state index in [1.54, 1.807) is 24.3 Å². The molecule has 0 heterocycles. The van der Waals surface area contributed by atoms with Gasteiger partial charge in [-0.2, -0.15) is 0 Å². The Bertz CT molecular complexity index is 417. The fourth-order valence-electron chi connectivity index (χ4n) is 1.31. The van der Waals surface area contributed by atoms with Crippen molar-refractivity contribution < 1.29 is 19.1 Å². The highest BCUT2D eigenvalue weighted by Crippen LogP contribution is 2.10. The van der Waals surface area contributed by atoms with Gasteiger partial charge in [-0.25, -0.2) is 0 Å². The molecule has 1 rings (SSSR count). The Hall–Kier alpha value is -1.92. The molecule has 0 bridgehead atoms. The van der Waals surface area contributed by atoms with E-state index in [2.05, 4.69) is 5.32 Å². The van der Waals surface area contributed by atoms with Crippen molar-refractivity contribution in [2.24, 2.45) is 5.73 Å². The van der Waals surface area contributed by atoms with Crippen LogP contribution < -0.4 is 11.1 Å². The molecule has 0 radical (unpaired) electrons. The van der Waals surface area contributed by atoms with E-state index < -0.39 is 0 Å². The molecule has 0 saturated heterocycles. The number of ether oxygens (including phenoxy) is 2. The Balaban J connectivity index is 2.39. The van der Waals surface area contributed by atoms with Gasteiger partial charge < -0.3 is 20.5 Å². The summed E-state index contributed by atoms with van der Waals surface area (Å²) in [6.07, 6.45) is 0. The molecular weight excluding hydrogens is 248 g/mol. The molecule has 104 valence electrons. The van der Waals surface area contributed by atoms with Crippen LogP contribution in [0.4, 0.5) is 5.69 Å². The number of carbonyl (C=O) groups is 2. The van der Waals surface area contributed by atoms with Gasteiger partial charge in [0.1, 0.15) is 13.2 Å². The molecule has 3 N–H and O–H groups in total. The second-order valence-corrected chi connectivity index (χ2v) is 3.87. The van der Waals surface area contributed by atoms with Crippen LogP contribution in [0.25, 0.3) is 0 Å². The zero-order chi connectivity index (χ0) is 14.1. The van der Waals surface area contributed by atoms with E-state index in [1.807, 2.05) is 0 Å². The summed E-state index contributed by atoms with van der Waals surface area (Å²) in [6, 6.07) is 7.03. The molecule has 6 nitrogen and oxygen atoms in total. The molecule has 1 aromatic rings. The molecule has 0 unspecified atom stereocenters. The van der Waals surface area contributed by atoms with Gasteiger partial charge in [0.15, 0.2) is 0 Å². The highest BCUT2D eigenvalue weighted by molar-refractivity contribution is 5.91. The number of nitrogens with two attached hydrogens (primary N) is 1. The first-order valence-electron chi connectivity index (χ1n) is 5.92. The number of benzene rings is 1. The zero-order valence-electron chi connectivity index (χ0n) is 10.8. The lowest BCUT2D eigenvalue weighted by molar-refractivity contribution is -0.142. The molecule has 0 aliphatic carbocycles. The maximum atomic E-state index is 11.4. The van der Waals surface area contributed by atoms with Crippen molar-refractivity contribution in [3.8, 4) is 0 Å². The van der Waals surface area contributed by atoms with Crippen LogP contribution in [0, 0.1) is 0 Å². The molecule has 0 saturated carbocycles. The van der Waals surface area contributed by atoms with Crippen LogP contribution in [0.2, 0.25) is 0 Å². The highest BCUT2D eigenvalue weighted by Gasteiger charge is 2.02. The minimum absolute atomic E-state index is 0.0214. The molecule has 1 aromatic carbocycles. The summed E-state index contributed by atoms with van der Waals surface area (Å²) in [5, 5.41) is 2.68. The molecule has 0 aromatic heterocycles. The Labute approximate surface area is 111 Å². The molecule has 0 aliphatic heterocycles. The number of esters is 1. The van der Waals surface area contributed by atoms with Crippen molar-refractivity contribution in [2.75, 3.05) is 25.1 Å². The van der Waals surface area contributed by atoms with Crippen LogP contribution in [0.3, 0.4) is 0 Å². The van der Waals surface area contributed by atoms with E-state index in [-0.39, 0.29) is 25.1 Å². The lowest BCUT2D eigenvalue weighted by Crippen LogP contribution is -2.20. The number of carbonyl (C=O) groups excluding carboxylic acids is 2. The van der Waals surface area contributed by atoms with Gasteiger partial charge in [0, 0.05) is 19.2 Å². The number of rotatable bonds is 7. The summed E-state index contributed by atoms with van der Waals surface area (Å²) in [7, 11) is 0. The van der Waals surface area contributed by atoms with Crippen LogP contribution in [0.1, 0.15) is 12.5 Å². The van der Waals surface area contributed by atoms with Gasteiger partial charge in [-0.05, 0) is 17.7 Å². The molecule has 1 amide bonds. The van der Waals surface area contributed by atoms with Crippen molar-refractivity contribution >= 4 is 17.6 Å². The van der Waals surface area contributed by atoms with Gasteiger partial charge in [0.2, 0.25) is 5.91 Å². The number of hydrogen-bond acceptors (Lipinski definition) is 5. The Kier molecular flexibility index (Phi) is 6.56. The first-order valence-corrected chi connectivity index (χ1v) is 5.92. The summed E-state index contributed by atoms with van der Waals surface area (Å²) in [6.45, 7) is 2.30. The van der Waals surface area contributed by atoms with Crippen molar-refractivity contribution in [1.29, 1.82) is 0 Å². The van der Waals surface area contributed by atoms with Crippen molar-refractivity contribution in [1.82, 2.24) is 0 Å². The minimum Gasteiger partial charge on any atom is -0.461 e. The van der Waals surface area contributed by atoms with E-state index in [0.29, 0.717) is 18.8 Å². The molecule has 19 heavy (non-hydrogen) atoms. The van der Waals surface area contributed by atoms with E-state index in [0.717, 1.165) is 5.56 Å². The molecular formula is C13H18N2O4. The van der Waals surface area contributed by atoms with Gasteiger partial charge >= 0.3 is 5.97 Å². The van der Waals surface area contributed by atoms with Crippen LogP contribution in [-0.4, -0.2) is 31.6 Å². The molecule has 0 atom stereocenters. The van der Waals surface area contributed by atoms with Gasteiger partial charge in [-0.1, -0.05) is 12.1 Å².